The summed E-state index contributed by atoms with van der Waals surface area (Å²) in [7, 11) is 0. The zero-order valence-corrected chi connectivity index (χ0v) is 10.8. The van der Waals surface area contributed by atoms with Crippen molar-refractivity contribution in [1.29, 1.82) is 0 Å². The van der Waals surface area contributed by atoms with Crippen LogP contribution in [0.4, 0.5) is 0 Å². The second-order valence-electron chi connectivity index (χ2n) is 5.39. The molecule has 2 fully saturated rings. The van der Waals surface area contributed by atoms with Gasteiger partial charge in [0.2, 0.25) is 0 Å². The molecule has 2 aliphatic heterocycles. The van der Waals surface area contributed by atoms with E-state index in [0.717, 1.165) is 19.8 Å². The zero-order chi connectivity index (χ0) is 11.4. The Hall–Kier alpha value is -0.120. The third kappa shape index (κ3) is 2.58. The summed E-state index contributed by atoms with van der Waals surface area (Å²) in [6.07, 6.45) is 3.86. The van der Waals surface area contributed by atoms with Crippen LogP contribution < -0.4 is 5.32 Å². The minimum absolute atomic E-state index is 0.532. The van der Waals surface area contributed by atoms with Gasteiger partial charge in [-0.1, -0.05) is 13.8 Å². The molecular formula is C13H26N2O. The molecule has 3 heteroatoms. The van der Waals surface area contributed by atoms with E-state index in [-0.39, 0.29) is 0 Å². The Kier molecular flexibility index (Phi) is 4.22. The second kappa shape index (κ2) is 5.48. The van der Waals surface area contributed by atoms with Crippen LogP contribution in [0.5, 0.6) is 0 Å². The van der Waals surface area contributed by atoms with Crippen molar-refractivity contribution in [3.8, 4) is 0 Å². The number of nitrogens with one attached hydrogen (secondary N) is 1. The van der Waals surface area contributed by atoms with Gasteiger partial charge in [0.25, 0.3) is 0 Å². The molecule has 16 heavy (non-hydrogen) atoms. The molecule has 2 unspecified atom stereocenters. The van der Waals surface area contributed by atoms with Crippen LogP contribution in [-0.4, -0.2) is 50.3 Å². The van der Waals surface area contributed by atoms with Crippen molar-refractivity contribution in [1.82, 2.24) is 10.2 Å². The average molecular weight is 226 g/mol. The third-order valence-corrected chi connectivity index (χ3v) is 4.44. The molecule has 0 aliphatic carbocycles. The standard InChI is InChI=1S/C13H26N2O/c1-3-12-9-16-8-7-15(12)11-13(4-2)5-6-14-10-13/h12,14H,3-11H2,1-2H3. The maximum atomic E-state index is 5.58. The van der Waals surface area contributed by atoms with Crippen molar-refractivity contribution in [2.45, 2.75) is 39.2 Å². The third-order valence-electron chi connectivity index (χ3n) is 4.44. The maximum Gasteiger partial charge on any atom is 0.0622 e. The van der Waals surface area contributed by atoms with E-state index in [9.17, 15) is 0 Å². The molecule has 94 valence electrons. The summed E-state index contributed by atoms with van der Waals surface area (Å²) in [4.78, 5) is 2.67. The molecule has 2 atom stereocenters. The monoisotopic (exact) mass is 226 g/mol. The lowest BCUT2D eigenvalue weighted by molar-refractivity contribution is -0.0264. The van der Waals surface area contributed by atoms with E-state index < -0.39 is 0 Å². The van der Waals surface area contributed by atoms with Crippen molar-refractivity contribution < 1.29 is 4.74 Å². The molecule has 2 rings (SSSR count). The quantitative estimate of drug-likeness (QED) is 0.786. The van der Waals surface area contributed by atoms with Gasteiger partial charge in [-0.2, -0.15) is 0 Å². The first kappa shape index (κ1) is 12.3. The first-order valence-electron chi connectivity index (χ1n) is 6.82. The van der Waals surface area contributed by atoms with Crippen LogP contribution in [0, 0.1) is 5.41 Å². The lowest BCUT2D eigenvalue weighted by atomic mass is 9.83. The molecule has 2 heterocycles. The predicted molar refractivity (Wildman–Crippen MR) is 66.7 cm³/mol. The van der Waals surface area contributed by atoms with E-state index in [0.29, 0.717) is 11.5 Å². The number of hydrogen-bond acceptors (Lipinski definition) is 3. The Morgan fingerprint density at radius 3 is 2.94 bits per heavy atom. The second-order valence-corrected chi connectivity index (χ2v) is 5.39. The number of rotatable bonds is 4. The molecule has 0 radical (unpaired) electrons. The molecule has 0 saturated carbocycles. The number of ether oxygens (including phenoxy) is 1. The van der Waals surface area contributed by atoms with Gasteiger partial charge >= 0.3 is 0 Å². The Bertz CT molecular complexity index is 214. The highest BCUT2D eigenvalue weighted by Crippen LogP contribution is 2.31. The van der Waals surface area contributed by atoms with Crippen LogP contribution in [0.25, 0.3) is 0 Å². The molecular weight excluding hydrogens is 200 g/mol. The van der Waals surface area contributed by atoms with Crippen LogP contribution >= 0.6 is 0 Å². The molecule has 0 aromatic rings. The summed E-state index contributed by atoms with van der Waals surface area (Å²) < 4.78 is 5.58. The summed E-state index contributed by atoms with van der Waals surface area (Å²) >= 11 is 0. The van der Waals surface area contributed by atoms with E-state index in [1.54, 1.807) is 0 Å². The Morgan fingerprint density at radius 1 is 1.44 bits per heavy atom. The number of nitrogens with zero attached hydrogens (tertiary/aromatic N) is 1. The summed E-state index contributed by atoms with van der Waals surface area (Å²) in [5, 5.41) is 3.53. The van der Waals surface area contributed by atoms with Crippen molar-refractivity contribution >= 4 is 0 Å². The molecule has 0 spiro atoms. The SMILES string of the molecule is CCC1COCCN1CC1(CC)CCNC1. The van der Waals surface area contributed by atoms with E-state index in [1.807, 2.05) is 0 Å². The molecule has 0 amide bonds. The largest absolute Gasteiger partial charge is 0.378 e. The van der Waals surface area contributed by atoms with Crippen LogP contribution in [-0.2, 0) is 4.74 Å². The average Bonchev–Trinajstić information content (AvgIpc) is 2.79. The molecule has 1 N–H and O–H groups in total. The van der Waals surface area contributed by atoms with Gasteiger partial charge in [-0.05, 0) is 31.2 Å². The van der Waals surface area contributed by atoms with Gasteiger partial charge in [-0.3, -0.25) is 4.90 Å². The predicted octanol–water partition coefficient (Wildman–Crippen LogP) is 1.49. The summed E-state index contributed by atoms with van der Waals surface area (Å²) in [5.41, 5.74) is 0.532. The summed E-state index contributed by atoms with van der Waals surface area (Å²) in [6.45, 7) is 11.3. The van der Waals surface area contributed by atoms with Gasteiger partial charge in [0.05, 0.1) is 13.2 Å². The van der Waals surface area contributed by atoms with Crippen LogP contribution in [0.1, 0.15) is 33.1 Å². The molecule has 0 aromatic heterocycles. The Morgan fingerprint density at radius 2 is 2.31 bits per heavy atom. The van der Waals surface area contributed by atoms with Crippen LogP contribution in [0.15, 0.2) is 0 Å². The minimum atomic E-state index is 0.532. The Labute approximate surface area is 99.5 Å². The normalized spacial score (nSPS) is 36.8. The zero-order valence-electron chi connectivity index (χ0n) is 10.8. The van der Waals surface area contributed by atoms with E-state index >= 15 is 0 Å². The van der Waals surface area contributed by atoms with Gasteiger partial charge < -0.3 is 10.1 Å². The van der Waals surface area contributed by atoms with Crippen molar-refractivity contribution in [3.63, 3.8) is 0 Å². The highest BCUT2D eigenvalue weighted by molar-refractivity contribution is 4.91. The topological polar surface area (TPSA) is 24.5 Å². The lowest BCUT2D eigenvalue weighted by Crippen LogP contribution is -2.50. The van der Waals surface area contributed by atoms with Gasteiger partial charge in [0.15, 0.2) is 0 Å². The number of hydrogen-bond donors (Lipinski definition) is 1. The van der Waals surface area contributed by atoms with Crippen molar-refractivity contribution in [2.75, 3.05) is 39.4 Å². The van der Waals surface area contributed by atoms with Gasteiger partial charge in [0, 0.05) is 25.7 Å². The van der Waals surface area contributed by atoms with Crippen LogP contribution in [0.3, 0.4) is 0 Å². The highest BCUT2D eigenvalue weighted by Gasteiger charge is 2.36. The van der Waals surface area contributed by atoms with Gasteiger partial charge in [-0.15, -0.1) is 0 Å². The molecule has 0 aromatic carbocycles. The minimum Gasteiger partial charge on any atom is -0.378 e. The number of morpholine rings is 1. The Balaban J connectivity index is 1.95. The van der Waals surface area contributed by atoms with Gasteiger partial charge in [-0.25, -0.2) is 0 Å². The van der Waals surface area contributed by atoms with Gasteiger partial charge in [0.1, 0.15) is 0 Å². The van der Waals surface area contributed by atoms with Crippen LogP contribution in [0.2, 0.25) is 0 Å². The molecule has 3 nitrogen and oxygen atoms in total. The first-order valence-corrected chi connectivity index (χ1v) is 6.82. The van der Waals surface area contributed by atoms with E-state index in [4.69, 9.17) is 4.74 Å². The fourth-order valence-corrected chi connectivity index (χ4v) is 3.05. The van der Waals surface area contributed by atoms with Crippen molar-refractivity contribution in [3.05, 3.63) is 0 Å². The van der Waals surface area contributed by atoms with E-state index in [2.05, 4.69) is 24.1 Å². The highest BCUT2D eigenvalue weighted by atomic mass is 16.5. The van der Waals surface area contributed by atoms with E-state index in [1.165, 1.54) is 38.9 Å². The fourth-order valence-electron chi connectivity index (χ4n) is 3.05. The fraction of sp³-hybridized carbons (Fsp3) is 1.00. The lowest BCUT2D eigenvalue weighted by Gasteiger charge is -2.41. The molecule has 2 saturated heterocycles. The summed E-state index contributed by atoms with van der Waals surface area (Å²) in [5.74, 6) is 0. The molecule has 2 aliphatic rings. The smallest absolute Gasteiger partial charge is 0.0622 e. The first-order chi connectivity index (χ1) is 7.79. The summed E-state index contributed by atoms with van der Waals surface area (Å²) in [6, 6.07) is 0.651. The maximum absolute atomic E-state index is 5.58. The van der Waals surface area contributed by atoms with Crippen molar-refractivity contribution in [2.24, 2.45) is 5.41 Å². The molecule has 0 bridgehead atoms.